The van der Waals surface area contributed by atoms with E-state index in [1.807, 2.05) is 0 Å². The minimum absolute atomic E-state index is 0.0363. The fourth-order valence-corrected chi connectivity index (χ4v) is 0.975. The van der Waals surface area contributed by atoms with Crippen molar-refractivity contribution in [3.63, 3.8) is 0 Å². The molecule has 1 N–H and O–H groups in total. The van der Waals surface area contributed by atoms with Crippen molar-refractivity contribution in [3.8, 4) is 0 Å². The van der Waals surface area contributed by atoms with Crippen LogP contribution in [0.2, 0.25) is 0 Å². The molecule has 0 amide bonds. The maximum atomic E-state index is 13.1. The first-order chi connectivity index (χ1) is 6.15. The molecule has 0 aromatic heterocycles. The highest BCUT2D eigenvalue weighted by atomic mass is 19.1. The first-order valence-electron chi connectivity index (χ1n) is 3.80. The number of carboxylic acids is 1. The molecule has 0 aliphatic carbocycles. The highest BCUT2D eigenvalue weighted by Crippen LogP contribution is 2.11. The van der Waals surface area contributed by atoms with Crippen molar-refractivity contribution in [2.45, 2.75) is 6.92 Å². The van der Waals surface area contributed by atoms with Gasteiger partial charge in [-0.25, -0.2) is 9.18 Å². The van der Waals surface area contributed by atoms with E-state index in [0.29, 0.717) is 5.56 Å². The lowest BCUT2D eigenvalue weighted by Crippen LogP contribution is -1.97. The molecular formula is C10H9FO2. The van der Waals surface area contributed by atoms with E-state index in [0.717, 1.165) is 6.07 Å². The van der Waals surface area contributed by atoms with Crippen LogP contribution in [-0.4, -0.2) is 11.1 Å². The molecule has 1 aromatic carbocycles. The number of rotatable bonds is 2. The molecule has 1 rings (SSSR count). The van der Waals surface area contributed by atoms with Crippen molar-refractivity contribution >= 4 is 12.0 Å². The summed E-state index contributed by atoms with van der Waals surface area (Å²) in [7, 11) is 0. The highest BCUT2D eigenvalue weighted by molar-refractivity contribution is 5.87. The Morgan fingerprint density at radius 1 is 1.54 bits per heavy atom. The number of hydrogen-bond donors (Lipinski definition) is 1. The summed E-state index contributed by atoms with van der Waals surface area (Å²) in [6, 6.07) is 3.83. The van der Waals surface area contributed by atoms with Crippen LogP contribution in [0.4, 0.5) is 4.39 Å². The molecule has 3 heteroatoms. The summed E-state index contributed by atoms with van der Waals surface area (Å²) >= 11 is 0. The molecule has 0 aliphatic rings. The molecule has 0 saturated heterocycles. The summed E-state index contributed by atoms with van der Waals surface area (Å²) in [6.45, 7) is 1.77. The highest BCUT2D eigenvalue weighted by Gasteiger charge is 2.05. The van der Waals surface area contributed by atoms with E-state index in [2.05, 4.69) is 0 Å². The van der Waals surface area contributed by atoms with E-state index >= 15 is 0 Å². The number of carboxylic acid groups (broad SMARTS) is 1. The number of halogens is 1. The summed E-state index contributed by atoms with van der Waals surface area (Å²) in [5.41, 5.74) is 0.359. The standard InChI is InChI=1S/C10H9FO2/c1-2-3-7-4-5-8(10(12)13)6-9(7)11/h2-6H,1H3,(H,12,13)/b3-2+. The number of allylic oxidation sites excluding steroid dienone is 1. The maximum absolute atomic E-state index is 13.1. The second kappa shape index (κ2) is 3.85. The third-order valence-electron chi connectivity index (χ3n) is 1.59. The van der Waals surface area contributed by atoms with Crippen LogP contribution in [0.15, 0.2) is 24.3 Å². The summed E-state index contributed by atoms with van der Waals surface area (Å²) in [5.74, 6) is -1.64. The summed E-state index contributed by atoms with van der Waals surface area (Å²) in [5, 5.41) is 8.55. The van der Waals surface area contributed by atoms with Gasteiger partial charge in [0.15, 0.2) is 0 Å². The van der Waals surface area contributed by atoms with Crippen LogP contribution in [0, 0.1) is 5.82 Å². The molecular weight excluding hydrogens is 171 g/mol. The molecule has 2 nitrogen and oxygen atoms in total. The van der Waals surface area contributed by atoms with Gasteiger partial charge in [0.1, 0.15) is 5.82 Å². The molecule has 0 radical (unpaired) electrons. The van der Waals surface area contributed by atoms with Crippen LogP contribution < -0.4 is 0 Å². The fraction of sp³-hybridized carbons (Fsp3) is 0.100. The molecule has 0 fully saturated rings. The average Bonchev–Trinajstić information content (AvgIpc) is 2.08. The lowest BCUT2D eigenvalue weighted by molar-refractivity contribution is 0.0696. The lowest BCUT2D eigenvalue weighted by atomic mass is 10.1. The van der Waals surface area contributed by atoms with Gasteiger partial charge >= 0.3 is 5.97 Å². The first kappa shape index (κ1) is 9.45. The molecule has 0 heterocycles. The minimum Gasteiger partial charge on any atom is -0.478 e. The van der Waals surface area contributed by atoms with Gasteiger partial charge in [-0.1, -0.05) is 18.2 Å². The van der Waals surface area contributed by atoms with Crippen molar-refractivity contribution in [2.24, 2.45) is 0 Å². The van der Waals surface area contributed by atoms with Crippen molar-refractivity contribution in [2.75, 3.05) is 0 Å². The lowest BCUT2D eigenvalue weighted by Gasteiger charge is -1.98. The summed E-state index contributed by atoms with van der Waals surface area (Å²) < 4.78 is 13.1. The number of carbonyl (C=O) groups is 1. The third kappa shape index (κ3) is 2.15. The van der Waals surface area contributed by atoms with Gasteiger partial charge in [-0.3, -0.25) is 0 Å². The van der Waals surface area contributed by atoms with E-state index in [1.165, 1.54) is 12.1 Å². The minimum atomic E-state index is -1.12. The normalized spacial score (nSPS) is 10.6. The van der Waals surface area contributed by atoms with E-state index in [4.69, 9.17) is 5.11 Å². The molecule has 0 atom stereocenters. The van der Waals surface area contributed by atoms with Crippen LogP contribution in [0.3, 0.4) is 0 Å². The molecule has 1 aromatic rings. The molecule has 0 spiro atoms. The van der Waals surface area contributed by atoms with E-state index < -0.39 is 11.8 Å². The van der Waals surface area contributed by atoms with Gasteiger partial charge in [0.25, 0.3) is 0 Å². The zero-order valence-corrected chi connectivity index (χ0v) is 7.12. The van der Waals surface area contributed by atoms with Crippen LogP contribution in [0.1, 0.15) is 22.8 Å². The van der Waals surface area contributed by atoms with Gasteiger partial charge in [0.05, 0.1) is 5.56 Å². The second-order valence-corrected chi connectivity index (χ2v) is 2.54. The van der Waals surface area contributed by atoms with Crippen molar-refractivity contribution in [1.82, 2.24) is 0 Å². The topological polar surface area (TPSA) is 37.3 Å². The Bertz CT molecular complexity index is 356. The van der Waals surface area contributed by atoms with Crippen molar-refractivity contribution < 1.29 is 14.3 Å². The van der Waals surface area contributed by atoms with Crippen LogP contribution in [0.5, 0.6) is 0 Å². The van der Waals surface area contributed by atoms with Gasteiger partial charge in [0, 0.05) is 5.56 Å². The van der Waals surface area contributed by atoms with Crippen molar-refractivity contribution in [1.29, 1.82) is 0 Å². The van der Waals surface area contributed by atoms with Crippen molar-refractivity contribution in [3.05, 3.63) is 41.2 Å². The zero-order chi connectivity index (χ0) is 9.84. The predicted molar refractivity (Wildman–Crippen MR) is 48.1 cm³/mol. The fourth-order valence-electron chi connectivity index (χ4n) is 0.975. The number of benzene rings is 1. The average molecular weight is 180 g/mol. The Morgan fingerprint density at radius 2 is 2.23 bits per heavy atom. The Labute approximate surface area is 75.3 Å². The first-order valence-corrected chi connectivity index (χ1v) is 3.80. The maximum Gasteiger partial charge on any atom is 0.335 e. The van der Waals surface area contributed by atoms with E-state index in [9.17, 15) is 9.18 Å². The monoisotopic (exact) mass is 180 g/mol. The second-order valence-electron chi connectivity index (χ2n) is 2.54. The quantitative estimate of drug-likeness (QED) is 0.759. The van der Waals surface area contributed by atoms with Crippen LogP contribution in [-0.2, 0) is 0 Å². The van der Waals surface area contributed by atoms with Gasteiger partial charge in [0.2, 0.25) is 0 Å². The third-order valence-corrected chi connectivity index (χ3v) is 1.59. The van der Waals surface area contributed by atoms with Gasteiger partial charge < -0.3 is 5.11 Å². The Kier molecular flexibility index (Phi) is 2.80. The summed E-state index contributed by atoms with van der Waals surface area (Å²) in [6.07, 6.45) is 3.28. The zero-order valence-electron chi connectivity index (χ0n) is 7.12. The Morgan fingerprint density at radius 3 is 2.69 bits per heavy atom. The molecule has 0 aliphatic heterocycles. The van der Waals surface area contributed by atoms with Crippen LogP contribution in [0.25, 0.3) is 6.08 Å². The molecule has 0 unspecified atom stereocenters. The largest absolute Gasteiger partial charge is 0.478 e. The predicted octanol–water partition coefficient (Wildman–Crippen LogP) is 2.56. The number of hydrogen-bond acceptors (Lipinski definition) is 1. The van der Waals surface area contributed by atoms with Gasteiger partial charge in [-0.05, 0) is 19.1 Å². The Hall–Kier alpha value is -1.64. The Balaban J connectivity index is 3.12. The van der Waals surface area contributed by atoms with Gasteiger partial charge in [-0.2, -0.15) is 0 Å². The molecule has 0 saturated carbocycles. The van der Waals surface area contributed by atoms with E-state index in [1.54, 1.807) is 19.1 Å². The molecule has 0 bridgehead atoms. The SMILES string of the molecule is C/C=C/c1ccc(C(=O)O)cc1F. The number of aromatic carboxylic acids is 1. The van der Waals surface area contributed by atoms with Crippen LogP contribution >= 0.6 is 0 Å². The molecule has 13 heavy (non-hydrogen) atoms. The summed E-state index contributed by atoms with van der Waals surface area (Å²) in [4.78, 5) is 10.4. The van der Waals surface area contributed by atoms with Gasteiger partial charge in [-0.15, -0.1) is 0 Å². The molecule has 68 valence electrons. The smallest absolute Gasteiger partial charge is 0.335 e. The van der Waals surface area contributed by atoms with E-state index in [-0.39, 0.29) is 5.56 Å².